The van der Waals surface area contributed by atoms with Crippen LogP contribution in [-0.4, -0.2) is 23.9 Å². The quantitative estimate of drug-likeness (QED) is 0.651. The number of hydrogen-bond donors (Lipinski definition) is 1. The van der Waals surface area contributed by atoms with Gasteiger partial charge in [-0.25, -0.2) is 4.39 Å². The molecule has 1 heterocycles. The molecule has 2 aromatic rings. The molecule has 0 bridgehead atoms. The van der Waals surface area contributed by atoms with Crippen molar-refractivity contribution in [1.82, 2.24) is 0 Å². The van der Waals surface area contributed by atoms with E-state index in [4.69, 9.17) is 11.6 Å². The van der Waals surface area contributed by atoms with E-state index in [0.717, 1.165) is 32.0 Å². The molecule has 0 spiro atoms. The van der Waals surface area contributed by atoms with Crippen LogP contribution in [0.4, 0.5) is 21.5 Å². The average Bonchev–Trinajstić information content (AvgIpc) is 3.11. The number of nitro groups is 1. The summed E-state index contributed by atoms with van der Waals surface area (Å²) in [6.07, 6.45) is 1.96. The van der Waals surface area contributed by atoms with E-state index >= 15 is 0 Å². The SMILES string of the molecule is O=C(Nc1ccc(Cl)cc1F)c1ccc(N2CCCC2)c([N+](=O)[O-])c1. The van der Waals surface area contributed by atoms with Crippen LogP contribution < -0.4 is 10.2 Å². The van der Waals surface area contributed by atoms with Gasteiger partial charge in [-0.1, -0.05) is 11.6 Å². The van der Waals surface area contributed by atoms with Crippen molar-refractivity contribution in [2.45, 2.75) is 12.8 Å². The second kappa shape index (κ2) is 7.06. The largest absolute Gasteiger partial charge is 0.366 e. The predicted molar refractivity (Wildman–Crippen MR) is 93.9 cm³/mol. The number of carbonyl (C=O) groups is 1. The number of benzene rings is 2. The Balaban J connectivity index is 1.87. The maximum atomic E-state index is 13.8. The lowest BCUT2D eigenvalue weighted by Crippen LogP contribution is -2.20. The van der Waals surface area contributed by atoms with Crippen LogP contribution in [0.5, 0.6) is 0 Å². The molecular formula is C17H15ClFN3O3. The fraction of sp³-hybridized carbons (Fsp3) is 0.235. The second-order valence-corrected chi connectivity index (χ2v) is 6.17. The highest BCUT2D eigenvalue weighted by atomic mass is 35.5. The molecule has 0 radical (unpaired) electrons. The molecule has 25 heavy (non-hydrogen) atoms. The number of rotatable bonds is 4. The third kappa shape index (κ3) is 3.71. The standard InChI is InChI=1S/C17H15ClFN3O3/c18-12-4-5-14(13(19)10-12)20-17(23)11-3-6-15(16(9-11)22(24)25)21-7-1-2-8-21/h3-6,9-10H,1-2,7-8H2,(H,20,23). The Morgan fingerprint density at radius 2 is 1.92 bits per heavy atom. The molecule has 8 heteroatoms. The van der Waals surface area contributed by atoms with Crippen molar-refractivity contribution in [2.75, 3.05) is 23.3 Å². The molecule has 0 unspecified atom stereocenters. The maximum absolute atomic E-state index is 13.8. The maximum Gasteiger partial charge on any atom is 0.293 e. The van der Waals surface area contributed by atoms with E-state index < -0.39 is 16.6 Å². The lowest BCUT2D eigenvalue weighted by molar-refractivity contribution is -0.384. The van der Waals surface area contributed by atoms with E-state index in [2.05, 4.69) is 5.32 Å². The minimum absolute atomic E-state index is 0.0410. The third-order valence-corrected chi connectivity index (χ3v) is 4.30. The van der Waals surface area contributed by atoms with Gasteiger partial charge in [0.2, 0.25) is 0 Å². The zero-order valence-electron chi connectivity index (χ0n) is 13.2. The molecule has 3 rings (SSSR count). The monoisotopic (exact) mass is 363 g/mol. The fourth-order valence-electron chi connectivity index (χ4n) is 2.82. The van der Waals surface area contributed by atoms with Gasteiger partial charge in [-0.3, -0.25) is 14.9 Å². The Bertz CT molecular complexity index is 838. The average molecular weight is 364 g/mol. The van der Waals surface area contributed by atoms with E-state index in [1.807, 2.05) is 4.90 Å². The van der Waals surface area contributed by atoms with Crippen LogP contribution in [0, 0.1) is 15.9 Å². The van der Waals surface area contributed by atoms with Crippen molar-refractivity contribution in [3.05, 3.63) is 62.9 Å². The lowest BCUT2D eigenvalue weighted by Gasteiger charge is -2.17. The van der Waals surface area contributed by atoms with Crippen molar-refractivity contribution >= 4 is 34.6 Å². The van der Waals surface area contributed by atoms with Crippen LogP contribution in [0.25, 0.3) is 0 Å². The number of hydrogen-bond acceptors (Lipinski definition) is 4. The number of halogens is 2. The highest BCUT2D eigenvalue weighted by molar-refractivity contribution is 6.30. The van der Waals surface area contributed by atoms with Gasteiger partial charge in [0.05, 0.1) is 10.6 Å². The van der Waals surface area contributed by atoms with Crippen molar-refractivity contribution in [3.63, 3.8) is 0 Å². The summed E-state index contributed by atoms with van der Waals surface area (Å²) in [5, 5.41) is 14.0. The summed E-state index contributed by atoms with van der Waals surface area (Å²) in [6, 6.07) is 8.15. The summed E-state index contributed by atoms with van der Waals surface area (Å²) in [6.45, 7) is 1.50. The minimum Gasteiger partial charge on any atom is -0.366 e. The first-order valence-corrected chi connectivity index (χ1v) is 8.13. The first kappa shape index (κ1) is 17.2. The van der Waals surface area contributed by atoms with Gasteiger partial charge in [-0.15, -0.1) is 0 Å². The third-order valence-electron chi connectivity index (χ3n) is 4.06. The van der Waals surface area contributed by atoms with Crippen molar-refractivity contribution < 1.29 is 14.1 Å². The number of nitrogens with one attached hydrogen (secondary N) is 1. The van der Waals surface area contributed by atoms with E-state index in [0.29, 0.717) is 5.69 Å². The van der Waals surface area contributed by atoms with Crippen molar-refractivity contribution in [2.24, 2.45) is 0 Å². The molecule has 1 aliphatic rings. The molecule has 0 aliphatic carbocycles. The number of carbonyl (C=O) groups excluding carboxylic acids is 1. The van der Waals surface area contributed by atoms with Gasteiger partial charge in [0.1, 0.15) is 11.5 Å². The van der Waals surface area contributed by atoms with Gasteiger partial charge in [0.25, 0.3) is 11.6 Å². The smallest absolute Gasteiger partial charge is 0.293 e. The van der Waals surface area contributed by atoms with E-state index in [-0.39, 0.29) is 22.0 Å². The first-order valence-electron chi connectivity index (χ1n) is 7.75. The highest BCUT2D eigenvalue weighted by Gasteiger charge is 2.24. The molecular weight excluding hydrogens is 349 g/mol. The Hall–Kier alpha value is -2.67. The van der Waals surface area contributed by atoms with Crippen LogP contribution in [0.15, 0.2) is 36.4 Å². The van der Waals surface area contributed by atoms with E-state index in [9.17, 15) is 19.3 Å². The summed E-state index contributed by atoms with van der Waals surface area (Å²) in [4.78, 5) is 25.1. The first-order chi connectivity index (χ1) is 12.0. The van der Waals surface area contributed by atoms with Gasteiger partial charge < -0.3 is 10.2 Å². The molecule has 0 atom stereocenters. The van der Waals surface area contributed by atoms with Gasteiger partial charge in [0, 0.05) is 29.7 Å². The zero-order valence-corrected chi connectivity index (χ0v) is 13.9. The molecule has 0 saturated carbocycles. The van der Waals surface area contributed by atoms with Crippen LogP contribution in [0.1, 0.15) is 23.2 Å². The van der Waals surface area contributed by atoms with E-state index in [1.54, 1.807) is 6.07 Å². The lowest BCUT2D eigenvalue weighted by atomic mass is 10.1. The van der Waals surface area contributed by atoms with Crippen LogP contribution in [0.3, 0.4) is 0 Å². The number of amides is 1. The molecule has 6 nitrogen and oxygen atoms in total. The Morgan fingerprint density at radius 3 is 2.56 bits per heavy atom. The summed E-state index contributed by atoms with van der Waals surface area (Å²) in [5.74, 6) is -1.30. The normalized spacial score (nSPS) is 13.8. The number of nitrogens with zero attached hydrogens (tertiary/aromatic N) is 2. The molecule has 0 aromatic heterocycles. The van der Waals surface area contributed by atoms with Crippen LogP contribution in [-0.2, 0) is 0 Å². The van der Waals surface area contributed by atoms with Gasteiger partial charge in [-0.05, 0) is 43.2 Å². The Morgan fingerprint density at radius 1 is 1.20 bits per heavy atom. The molecule has 1 saturated heterocycles. The molecule has 2 aromatic carbocycles. The zero-order chi connectivity index (χ0) is 18.0. The van der Waals surface area contributed by atoms with E-state index in [1.165, 1.54) is 24.3 Å². The molecule has 1 N–H and O–H groups in total. The predicted octanol–water partition coefficient (Wildman–Crippen LogP) is 4.24. The summed E-state index contributed by atoms with van der Waals surface area (Å²) >= 11 is 5.67. The molecule has 1 amide bonds. The second-order valence-electron chi connectivity index (χ2n) is 5.73. The Labute approximate surface area is 148 Å². The van der Waals surface area contributed by atoms with Gasteiger partial charge >= 0.3 is 0 Å². The highest BCUT2D eigenvalue weighted by Crippen LogP contribution is 2.32. The topological polar surface area (TPSA) is 75.5 Å². The molecule has 1 fully saturated rings. The molecule has 130 valence electrons. The van der Waals surface area contributed by atoms with Crippen molar-refractivity contribution in [1.29, 1.82) is 0 Å². The van der Waals surface area contributed by atoms with Crippen LogP contribution in [0.2, 0.25) is 5.02 Å². The Kier molecular flexibility index (Phi) is 4.85. The van der Waals surface area contributed by atoms with Gasteiger partial charge in [0.15, 0.2) is 0 Å². The molecule has 1 aliphatic heterocycles. The number of nitro benzene ring substituents is 1. The number of anilines is 2. The summed E-state index contributed by atoms with van der Waals surface area (Å²) < 4.78 is 13.8. The summed E-state index contributed by atoms with van der Waals surface area (Å²) in [5.41, 5.74) is 0.410. The summed E-state index contributed by atoms with van der Waals surface area (Å²) in [7, 11) is 0. The van der Waals surface area contributed by atoms with Gasteiger partial charge in [-0.2, -0.15) is 0 Å². The van der Waals surface area contributed by atoms with Crippen molar-refractivity contribution in [3.8, 4) is 0 Å². The fourth-order valence-corrected chi connectivity index (χ4v) is 2.98. The minimum atomic E-state index is -0.677. The van der Waals surface area contributed by atoms with Crippen LogP contribution >= 0.6 is 11.6 Å².